The first-order chi connectivity index (χ1) is 12.5. The first-order valence-corrected chi connectivity index (χ1v) is 11.3. The Kier molecular flexibility index (Phi) is 6.21. The minimum atomic E-state index is -3.36. The van der Waals surface area contributed by atoms with Gasteiger partial charge in [-0.25, -0.2) is 8.42 Å². The molecule has 1 saturated heterocycles. The second-order valence-corrected chi connectivity index (χ2v) is 9.78. The standard InChI is InChI=1S/C18H19ClN2O3S2/c19-16-4-2-1-3-15(16)17-7-10-21(11-12-26(17,23)24)18(22)13-25-14-5-8-20-9-6-14/h1-6,8-9,17H,7,10-13H2. The molecule has 1 unspecified atom stereocenters. The van der Waals surface area contributed by atoms with Gasteiger partial charge in [-0.1, -0.05) is 29.8 Å². The number of carbonyl (C=O) groups excluding carboxylic acids is 1. The van der Waals surface area contributed by atoms with Crippen LogP contribution in [0.25, 0.3) is 0 Å². The number of halogens is 1. The number of nitrogens with zero attached hydrogens (tertiary/aromatic N) is 2. The van der Waals surface area contributed by atoms with E-state index >= 15 is 0 Å². The van der Waals surface area contributed by atoms with Crippen molar-refractivity contribution in [2.45, 2.75) is 16.6 Å². The Labute approximate surface area is 162 Å². The topological polar surface area (TPSA) is 67.3 Å². The summed E-state index contributed by atoms with van der Waals surface area (Å²) in [6.45, 7) is 0.629. The van der Waals surface area contributed by atoms with Crippen LogP contribution in [0.4, 0.5) is 0 Å². The lowest BCUT2D eigenvalue weighted by Gasteiger charge is -2.20. The van der Waals surface area contributed by atoms with Crippen molar-refractivity contribution in [2.24, 2.45) is 0 Å². The third-order valence-corrected chi connectivity index (χ3v) is 7.81. The molecule has 3 rings (SSSR count). The molecular formula is C18H19ClN2O3S2. The van der Waals surface area contributed by atoms with Gasteiger partial charge in [-0.05, 0) is 30.2 Å². The van der Waals surface area contributed by atoms with Crippen LogP contribution in [0.2, 0.25) is 5.02 Å². The summed E-state index contributed by atoms with van der Waals surface area (Å²) < 4.78 is 25.4. The van der Waals surface area contributed by atoms with Crippen LogP contribution in [0.5, 0.6) is 0 Å². The Balaban J connectivity index is 1.68. The lowest BCUT2D eigenvalue weighted by Crippen LogP contribution is -2.34. The normalized spacial score (nSPS) is 19.7. The maximum Gasteiger partial charge on any atom is 0.232 e. The SMILES string of the molecule is O=C(CSc1ccncc1)N1CCC(c2ccccc2Cl)S(=O)(=O)CC1. The average molecular weight is 411 g/mol. The van der Waals surface area contributed by atoms with Gasteiger partial charge in [-0.3, -0.25) is 9.78 Å². The summed E-state index contributed by atoms with van der Waals surface area (Å²) >= 11 is 7.63. The number of sulfone groups is 1. The van der Waals surface area contributed by atoms with E-state index in [-0.39, 0.29) is 24.0 Å². The first-order valence-electron chi connectivity index (χ1n) is 8.24. The third-order valence-electron chi connectivity index (χ3n) is 4.36. The van der Waals surface area contributed by atoms with Gasteiger partial charge in [0.2, 0.25) is 5.91 Å². The van der Waals surface area contributed by atoms with Crippen molar-refractivity contribution in [2.75, 3.05) is 24.6 Å². The van der Waals surface area contributed by atoms with Gasteiger partial charge in [0, 0.05) is 35.4 Å². The summed E-state index contributed by atoms with van der Waals surface area (Å²) in [7, 11) is -3.36. The van der Waals surface area contributed by atoms with Crippen LogP contribution in [0, 0.1) is 0 Å². The lowest BCUT2D eigenvalue weighted by atomic mass is 10.1. The quantitative estimate of drug-likeness (QED) is 0.724. The maximum atomic E-state index is 12.7. The fourth-order valence-corrected chi connectivity index (χ4v) is 5.88. The van der Waals surface area contributed by atoms with E-state index in [1.807, 2.05) is 12.1 Å². The van der Waals surface area contributed by atoms with Crippen LogP contribution in [-0.2, 0) is 14.6 Å². The van der Waals surface area contributed by atoms with E-state index < -0.39 is 15.1 Å². The molecule has 1 aliphatic heterocycles. The molecule has 5 nitrogen and oxygen atoms in total. The highest BCUT2D eigenvalue weighted by Crippen LogP contribution is 2.34. The number of amides is 1. The Bertz CT molecular complexity index is 875. The van der Waals surface area contributed by atoms with Crippen molar-refractivity contribution < 1.29 is 13.2 Å². The van der Waals surface area contributed by atoms with Gasteiger partial charge in [-0.15, -0.1) is 11.8 Å². The van der Waals surface area contributed by atoms with Crippen LogP contribution >= 0.6 is 23.4 Å². The zero-order chi connectivity index (χ0) is 18.6. The highest BCUT2D eigenvalue weighted by atomic mass is 35.5. The van der Waals surface area contributed by atoms with Gasteiger partial charge < -0.3 is 4.90 Å². The fraction of sp³-hybridized carbons (Fsp3) is 0.333. The van der Waals surface area contributed by atoms with E-state index in [9.17, 15) is 13.2 Å². The van der Waals surface area contributed by atoms with Gasteiger partial charge >= 0.3 is 0 Å². The van der Waals surface area contributed by atoms with Crippen LogP contribution in [0.3, 0.4) is 0 Å². The van der Waals surface area contributed by atoms with E-state index in [1.54, 1.807) is 41.6 Å². The molecule has 0 saturated carbocycles. The molecule has 0 radical (unpaired) electrons. The largest absolute Gasteiger partial charge is 0.341 e. The van der Waals surface area contributed by atoms with Crippen molar-refractivity contribution >= 4 is 39.1 Å². The van der Waals surface area contributed by atoms with Crippen molar-refractivity contribution in [3.63, 3.8) is 0 Å². The molecule has 0 spiro atoms. The highest BCUT2D eigenvalue weighted by molar-refractivity contribution is 8.00. The summed E-state index contributed by atoms with van der Waals surface area (Å²) in [5.41, 5.74) is 0.620. The Hall–Kier alpha value is -1.57. The molecular weight excluding hydrogens is 392 g/mol. The van der Waals surface area contributed by atoms with Crippen molar-refractivity contribution in [1.29, 1.82) is 0 Å². The minimum Gasteiger partial charge on any atom is -0.341 e. The van der Waals surface area contributed by atoms with Crippen LogP contribution in [-0.4, -0.2) is 48.8 Å². The summed E-state index contributed by atoms with van der Waals surface area (Å²) in [6, 6.07) is 10.7. The van der Waals surface area contributed by atoms with E-state index in [0.717, 1.165) is 4.90 Å². The van der Waals surface area contributed by atoms with Crippen molar-refractivity contribution in [3.8, 4) is 0 Å². The molecule has 2 aromatic rings. The predicted octanol–water partition coefficient (Wildman–Crippen LogP) is 3.22. The van der Waals surface area contributed by atoms with Crippen LogP contribution in [0.1, 0.15) is 17.2 Å². The smallest absolute Gasteiger partial charge is 0.232 e. The molecule has 1 aromatic heterocycles. The molecule has 138 valence electrons. The van der Waals surface area contributed by atoms with Crippen molar-refractivity contribution in [1.82, 2.24) is 9.88 Å². The number of hydrogen-bond acceptors (Lipinski definition) is 5. The van der Waals surface area contributed by atoms with Crippen molar-refractivity contribution in [3.05, 3.63) is 59.4 Å². The van der Waals surface area contributed by atoms with E-state index in [0.29, 0.717) is 23.6 Å². The molecule has 1 aliphatic rings. The van der Waals surface area contributed by atoms with E-state index in [1.165, 1.54) is 11.8 Å². The first kappa shape index (κ1) is 19.2. The molecule has 1 amide bonds. The lowest BCUT2D eigenvalue weighted by molar-refractivity contribution is -0.128. The molecule has 1 fully saturated rings. The monoisotopic (exact) mass is 410 g/mol. The van der Waals surface area contributed by atoms with Gasteiger partial charge in [0.15, 0.2) is 9.84 Å². The maximum absolute atomic E-state index is 12.7. The number of pyridine rings is 1. The third kappa shape index (κ3) is 4.58. The Morgan fingerprint density at radius 1 is 1.19 bits per heavy atom. The number of rotatable bonds is 4. The average Bonchev–Trinajstić information content (AvgIpc) is 2.79. The number of hydrogen-bond donors (Lipinski definition) is 0. The molecule has 0 aliphatic carbocycles. The summed E-state index contributed by atoms with van der Waals surface area (Å²) in [5.74, 6) is 0.178. The second kappa shape index (κ2) is 8.41. The Morgan fingerprint density at radius 2 is 1.92 bits per heavy atom. The molecule has 26 heavy (non-hydrogen) atoms. The molecule has 1 atom stereocenters. The van der Waals surface area contributed by atoms with Crippen LogP contribution in [0.15, 0.2) is 53.7 Å². The highest BCUT2D eigenvalue weighted by Gasteiger charge is 2.33. The Morgan fingerprint density at radius 3 is 2.65 bits per heavy atom. The summed E-state index contributed by atoms with van der Waals surface area (Å²) in [6.07, 6.45) is 3.72. The predicted molar refractivity (Wildman–Crippen MR) is 104 cm³/mol. The number of thioether (sulfide) groups is 1. The second-order valence-electron chi connectivity index (χ2n) is 6.02. The molecule has 2 heterocycles. The molecule has 0 bridgehead atoms. The van der Waals surface area contributed by atoms with E-state index in [4.69, 9.17) is 11.6 Å². The summed E-state index contributed by atoms with van der Waals surface area (Å²) in [5, 5.41) is -0.212. The van der Waals surface area contributed by atoms with E-state index in [2.05, 4.69) is 4.98 Å². The van der Waals surface area contributed by atoms with Gasteiger partial charge in [0.1, 0.15) is 0 Å². The summed E-state index contributed by atoms with van der Waals surface area (Å²) in [4.78, 5) is 19.1. The fourth-order valence-electron chi connectivity index (χ4n) is 2.95. The number of aromatic nitrogens is 1. The number of carbonyl (C=O) groups is 1. The zero-order valence-corrected chi connectivity index (χ0v) is 16.4. The van der Waals surface area contributed by atoms with Gasteiger partial charge in [0.05, 0.1) is 16.8 Å². The van der Waals surface area contributed by atoms with Gasteiger partial charge in [-0.2, -0.15) is 0 Å². The molecule has 0 N–H and O–H groups in total. The minimum absolute atomic E-state index is 0.0471. The molecule has 1 aromatic carbocycles. The zero-order valence-electron chi connectivity index (χ0n) is 14.0. The number of benzene rings is 1. The van der Waals surface area contributed by atoms with Gasteiger partial charge in [0.25, 0.3) is 0 Å². The van der Waals surface area contributed by atoms with Crippen LogP contribution < -0.4 is 0 Å². The molecule has 8 heteroatoms.